The first-order chi connectivity index (χ1) is 33.7. The van der Waals surface area contributed by atoms with E-state index in [0.29, 0.717) is 11.3 Å². The van der Waals surface area contributed by atoms with Crippen molar-refractivity contribution in [1.29, 1.82) is 0 Å². The first kappa shape index (κ1) is 29.1. The van der Waals surface area contributed by atoms with Gasteiger partial charge in [-0.3, -0.25) is 0 Å². The lowest BCUT2D eigenvalue weighted by molar-refractivity contribution is 1.18. The lowest BCUT2D eigenvalue weighted by Gasteiger charge is -2.16. The molecule has 0 bridgehead atoms. The van der Waals surface area contributed by atoms with E-state index in [1.54, 1.807) is 4.57 Å². The molecule has 2 heterocycles. The summed E-state index contributed by atoms with van der Waals surface area (Å²) in [6.07, 6.45) is 0. The van der Waals surface area contributed by atoms with Crippen LogP contribution in [0, 0.1) is 0 Å². The number of para-hydroxylation sites is 1. The largest absolute Gasteiger partial charge is 0.309 e. The highest BCUT2D eigenvalue weighted by Crippen LogP contribution is 2.42. The van der Waals surface area contributed by atoms with Crippen LogP contribution >= 0.6 is 0 Å². The van der Waals surface area contributed by atoms with Gasteiger partial charge in [0.1, 0.15) is 0 Å². The number of nitrogens with zero attached hydrogens (tertiary/aromatic N) is 2. The molecule has 2 heteroatoms. The van der Waals surface area contributed by atoms with E-state index in [9.17, 15) is 6.85 Å². The fourth-order valence-corrected chi connectivity index (χ4v) is 9.01. The van der Waals surface area contributed by atoms with Crippen LogP contribution in [0.15, 0.2) is 242 Å². The Labute approximate surface area is 370 Å². The van der Waals surface area contributed by atoms with E-state index in [2.05, 4.69) is 77.4 Å². The van der Waals surface area contributed by atoms with E-state index < -0.39 is 12.1 Å². The van der Waals surface area contributed by atoms with Gasteiger partial charge in [0.25, 0.3) is 0 Å². The molecule has 0 aliphatic carbocycles. The number of rotatable bonds is 7. The van der Waals surface area contributed by atoms with Crippen LogP contribution in [0.25, 0.3) is 111 Å². The monoisotopic (exact) mass is 795 g/mol. The minimum Gasteiger partial charge on any atom is -0.309 e. The summed E-state index contributed by atoms with van der Waals surface area (Å²) >= 11 is 0. The van der Waals surface area contributed by atoms with Crippen molar-refractivity contribution in [3.8, 4) is 67.0 Å². The maximum atomic E-state index is 10.1. The van der Waals surface area contributed by atoms with E-state index in [0.717, 1.165) is 72.0 Å². The van der Waals surface area contributed by atoms with E-state index in [-0.39, 0.29) is 57.6 Å². The van der Waals surface area contributed by atoms with Gasteiger partial charge in [-0.05, 0) is 111 Å². The topological polar surface area (TPSA) is 9.86 Å². The predicted octanol–water partition coefficient (Wildman–Crippen LogP) is 16.2. The third kappa shape index (κ3) is 6.04. The molecule has 0 unspecified atom stereocenters. The SMILES string of the molecule is [2H]c1c([2H])c([2H])c2c(c1[2H])c1c([2H])c(-c3ccc4c(c3)c3ccc(-c5ccccc5)cc3n4-c3cccc(-c4ccccc4)c3)c([2H])c([2H])c1n2-c1ccc(-c2ccccc2)cc1-c1ccccc1. The van der Waals surface area contributed by atoms with Crippen LogP contribution in [0.4, 0.5) is 0 Å². The highest BCUT2D eigenvalue weighted by Gasteiger charge is 2.19. The van der Waals surface area contributed by atoms with Gasteiger partial charge in [-0.1, -0.05) is 182 Å². The van der Waals surface area contributed by atoms with Crippen molar-refractivity contribution >= 4 is 43.6 Å². The van der Waals surface area contributed by atoms with Gasteiger partial charge in [-0.15, -0.1) is 0 Å². The molecule has 2 aromatic heterocycles. The molecule has 0 amide bonds. The molecule has 2 nitrogen and oxygen atoms in total. The Kier molecular flexibility index (Phi) is 6.95. The molecule has 0 aliphatic heterocycles. The lowest BCUT2D eigenvalue weighted by Crippen LogP contribution is -1.98. The van der Waals surface area contributed by atoms with Gasteiger partial charge >= 0.3 is 0 Å². The number of hydrogen-bond acceptors (Lipinski definition) is 0. The quantitative estimate of drug-likeness (QED) is 0.152. The molecule has 10 aromatic carbocycles. The molecule has 0 spiro atoms. The van der Waals surface area contributed by atoms with Crippen molar-refractivity contribution in [3.05, 3.63) is 242 Å². The zero-order valence-electron chi connectivity index (χ0n) is 40.4. The van der Waals surface area contributed by atoms with Crippen molar-refractivity contribution in [3.63, 3.8) is 0 Å². The van der Waals surface area contributed by atoms with Crippen LogP contribution in [0.5, 0.6) is 0 Å². The standard InChI is InChI=1S/C60H40N2/c1-5-16-41(17-6-1)45-24-15-25-50(36-45)61-58-34-30-47(39-55(58)52-32-28-49(40-60(52)61)43-20-9-3-10-21-43)48-31-35-59-54(38-48)51-26-13-14-27-56(51)62(59)57-33-29-46(42-18-7-2-8-19-42)37-53(57)44-22-11-4-12-23-44/h1-40H/i13D,14D,26D,27D,31D,35D,38D. The van der Waals surface area contributed by atoms with Gasteiger partial charge < -0.3 is 9.13 Å². The van der Waals surface area contributed by atoms with E-state index >= 15 is 0 Å². The average Bonchev–Trinajstić information content (AvgIpc) is 3.94. The normalized spacial score (nSPS) is 13.1. The minimum atomic E-state index is -0.433. The maximum absolute atomic E-state index is 10.1. The summed E-state index contributed by atoms with van der Waals surface area (Å²) in [6.45, 7) is 0. The Morgan fingerprint density at radius 3 is 1.56 bits per heavy atom. The maximum Gasteiger partial charge on any atom is 0.0645 e. The summed E-state index contributed by atoms with van der Waals surface area (Å²) < 4.78 is 70.2. The predicted molar refractivity (Wildman–Crippen MR) is 262 cm³/mol. The van der Waals surface area contributed by atoms with Crippen LogP contribution in [0.3, 0.4) is 0 Å². The van der Waals surface area contributed by atoms with Crippen LogP contribution < -0.4 is 0 Å². The summed E-state index contributed by atoms with van der Waals surface area (Å²) in [5.41, 5.74) is 12.4. The molecule has 0 aliphatic rings. The van der Waals surface area contributed by atoms with Gasteiger partial charge in [0.05, 0.1) is 37.3 Å². The molecule has 12 aromatic rings. The number of hydrogen-bond donors (Lipinski definition) is 0. The van der Waals surface area contributed by atoms with Crippen LogP contribution in [0.1, 0.15) is 9.60 Å². The second-order valence-corrected chi connectivity index (χ2v) is 15.6. The molecule has 0 atom stereocenters. The first-order valence-electron chi connectivity index (χ1n) is 24.3. The highest BCUT2D eigenvalue weighted by atomic mass is 15.0. The lowest BCUT2D eigenvalue weighted by atomic mass is 9.97. The minimum absolute atomic E-state index is 0.0908. The zero-order chi connectivity index (χ0) is 47.1. The van der Waals surface area contributed by atoms with E-state index in [1.165, 1.54) is 0 Å². The second-order valence-electron chi connectivity index (χ2n) is 15.6. The van der Waals surface area contributed by atoms with E-state index in [4.69, 9.17) is 2.74 Å². The van der Waals surface area contributed by atoms with Crippen molar-refractivity contribution < 1.29 is 9.60 Å². The average molecular weight is 796 g/mol. The molecule has 290 valence electrons. The fraction of sp³-hybridized carbons (Fsp3) is 0. The van der Waals surface area contributed by atoms with Crippen LogP contribution in [0.2, 0.25) is 0 Å². The van der Waals surface area contributed by atoms with E-state index in [1.807, 2.05) is 127 Å². The third-order valence-corrected chi connectivity index (χ3v) is 12.0. The Morgan fingerprint density at radius 1 is 0.290 bits per heavy atom. The fourth-order valence-electron chi connectivity index (χ4n) is 9.01. The summed E-state index contributed by atoms with van der Waals surface area (Å²) in [6, 6.07) is 65.2. The van der Waals surface area contributed by atoms with Crippen molar-refractivity contribution in [1.82, 2.24) is 9.13 Å². The Morgan fingerprint density at radius 2 is 0.855 bits per heavy atom. The van der Waals surface area contributed by atoms with Crippen LogP contribution in [-0.4, -0.2) is 9.13 Å². The summed E-state index contributed by atoms with van der Waals surface area (Å²) in [5.74, 6) is 0. The van der Waals surface area contributed by atoms with Gasteiger partial charge in [0.15, 0.2) is 0 Å². The number of benzene rings is 10. The summed E-state index contributed by atoms with van der Waals surface area (Å²) in [5, 5.41) is 2.19. The number of fused-ring (bicyclic) bond motifs is 6. The summed E-state index contributed by atoms with van der Waals surface area (Å²) in [4.78, 5) is 0. The Bertz CT molecular complexity index is 4010. The first-order valence-corrected chi connectivity index (χ1v) is 20.8. The summed E-state index contributed by atoms with van der Waals surface area (Å²) in [7, 11) is 0. The molecular formula is C60H40N2. The van der Waals surface area contributed by atoms with Crippen molar-refractivity contribution in [2.75, 3.05) is 0 Å². The number of aromatic nitrogens is 2. The zero-order valence-corrected chi connectivity index (χ0v) is 33.4. The van der Waals surface area contributed by atoms with Crippen molar-refractivity contribution in [2.45, 2.75) is 0 Å². The molecule has 0 fully saturated rings. The van der Waals surface area contributed by atoms with Crippen molar-refractivity contribution in [2.24, 2.45) is 0 Å². The second kappa shape index (κ2) is 14.8. The van der Waals surface area contributed by atoms with Gasteiger partial charge in [0, 0.05) is 32.8 Å². The Balaban J connectivity index is 1.13. The van der Waals surface area contributed by atoms with Gasteiger partial charge in [-0.25, -0.2) is 0 Å². The Hall–Kier alpha value is -8.20. The third-order valence-electron chi connectivity index (χ3n) is 12.0. The molecular weight excluding hydrogens is 749 g/mol. The molecule has 62 heavy (non-hydrogen) atoms. The molecule has 0 saturated heterocycles. The highest BCUT2D eigenvalue weighted by molar-refractivity contribution is 6.13. The smallest absolute Gasteiger partial charge is 0.0645 e. The molecule has 0 saturated carbocycles. The van der Waals surface area contributed by atoms with Crippen LogP contribution in [-0.2, 0) is 0 Å². The van der Waals surface area contributed by atoms with Gasteiger partial charge in [-0.2, -0.15) is 0 Å². The van der Waals surface area contributed by atoms with Gasteiger partial charge in [0.2, 0.25) is 0 Å². The molecule has 0 radical (unpaired) electrons. The molecule has 12 rings (SSSR count). The molecule has 0 N–H and O–H groups in total.